The van der Waals surface area contributed by atoms with Crippen LogP contribution in [0, 0.1) is 0 Å². The molecule has 2 rings (SSSR count). The third-order valence-electron chi connectivity index (χ3n) is 2.57. The van der Waals surface area contributed by atoms with Crippen molar-refractivity contribution in [2.45, 2.75) is 0 Å². The molecule has 1 aromatic rings. The first-order chi connectivity index (χ1) is 10.0. The van der Waals surface area contributed by atoms with Crippen molar-refractivity contribution in [2.24, 2.45) is 0 Å². The van der Waals surface area contributed by atoms with Gasteiger partial charge in [-0.15, -0.1) is 0 Å². The first-order valence-corrected chi connectivity index (χ1v) is 5.84. The van der Waals surface area contributed by atoms with Gasteiger partial charge in [0.15, 0.2) is 0 Å². The zero-order valence-electron chi connectivity index (χ0n) is 11.0. The number of hydrogen-bond donors (Lipinski definition) is 1. The Morgan fingerprint density at radius 3 is 2.52 bits per heavy atom. The molecule has 0 fully saturated rings. The normalized spacial score (nSPS) is 14.0. The monoisotopic (exact) mass is 289 g/mol. The highest BCUT2D eigenvalue weighted by Crippen LogP contribution is 2.24. The summed E-state index contributed by atoms with van der Waals surface area (Å²) in [4.78, 5) is 38.6. The molecule has 0 spiro atoms. The molecule has 0 bridgehead atoms. The number of benzene rings is 1. The Hall–Kier alpha value is -3.09. The van der Waals surface area contributed by atoms with Crippen molar-refractivity contribution >= 4 is 23.9 Å². The smallest absolute Gasteiger partial charge is 0.356 e. The van der Waals surface area contributed by atoms with Crippen LogP contribution in [0.3, 0.4) is 0 Å². The molecular formula is C14H11NO6. The molecule has 7 nitrogen and oxygen atoms in total. The van der Waals surface area contributed by atoms with Crippen molar-refractivity contribution in [1.82, 2.24) is 5.06 Å². The van der Waals surface area contributed by atoms with Gasteiger partial charge in [-0.3, -0.25) is 9.59 Å². The number of rotatable bonds is 4. The predicted octanol–water partition coefficient (Wildman–Crippen LogP) is 0.797. The van der Waals surface area contributed by atoms with E-state index in [9.17, 15) is 19.5 Å². The highest BCUT2D eigenvalue weighted by atomic mass is 16.7. The molecule has 0 aliphatic carbocycles. The van der Waals surface area contributed by atoms with Crippen molar-refractivity contribution in [2.75, 3.05) is 7.11 Å². The van der Waals surface area contributed by atoms with Crippen molar-refractivity contribution in [3.05, 3.63) is 42.0 Å². The Morgan fingerprint density at radius 2 is 1.90 bits per heavy atom. The number of hydrogen-bond acceptors (Lipinski definition) is 6. The standard InChI is InChI=1S/C14H11NO6/c1-20-11-8-10(16)4-2-9(11)3-7-14(19)21-15-12(17)5-6-13(15)18/h2-8,16H,1H3. The fourth-order valence-corrected chi connectivity index (χ4v) is 1.59. The highest BCUT2D eigenvalue weighted by Gasteiger charge is 2.27. The maximum atomic E-state index is 11.6. The molecule has 1 aromatic carbocycles. The van der Waals surface area contributed by atoms with Crippen LogP contribution in [0.2, 0.25) is 0 Å². The molecular weight excluding hydrogens is 278 g/mol. The number of hydroxylamine groups is 2. The zero-order chi connectivity index (χ0) is 15.4. The lowest BCUT2D eigenvalue weighted by Gasteiger charge is -2.10. The number of imide groups is 1. The van der Waals surface area contributed by atoms with Crippen LogP contribution in [-0.4, -0.2) is 35.1 Å². The molecule has 0 unspecified atom stereocenters. The molecule has 2 amide bonds. The molecule has 21 heavy (non-hydrogen) atoms. The number of aromatic hydroxyl groups is 1. The minimum atomic E-state index is -0.893. The molecule has 0 saturated heterocycles. The Balaban J connectivity index is 2.06. The number of methoxy groups -OCH3 is 1. The first-order valence-electron chi connectivity index (χ1n) is 5.84. The lowest BCUT2D eigenvalue weighted by atomic mass is 10.2. The summed E-state index contributed by atoms with van der Waals surface area (Å²) in [5, 5.41) is 9.67. The van der Waals surface area contributed by atoms with Crippen molar-refractivity contribution in [3.8, 4) is 11.5 Å². The van der Waals surface area contributed by atoms with Gasteiger partial charge in [0.05, 0.1) is 7.11 Å². The third-order valence-corrected chi connectivity index (χ3v) is 2.57. The van der Waals surface area contributed by atoms with Gasteiger partial charge in [-0.05, 0) is 18.2 Å². The van der Waals surface area contributed by atoms with E-state index in [0.717, 1.165) is 18.2 Å². The van der Waals surface area contributed by atoms with Crippen LogP contribution in [0.25, 0.3) is 6.08 Å². The van der Waals surface area contributed by atoms with E-state index in [-0.39, 0.29) is 5.75 Å². The summed E-state index contributed by atoms with van der Waals surface area (Å²) in [6.45, 7) is 0. The number of phenolic OH excluding ortho intramolecular Hbond substituents is 1. The molecule has 1 aliphatic rings. The molecule has 0 saturated carbocycles. The summed E-state index contributed by atoms with van der Waals surface area (Å²) >= 11 is 0. The van der Waals surface area contributed by atoms with Crippen LogP contribution in [0.4, 0.5) is 0 Å². The second kappa shape index (κ2) is 5.91. The quantitative estimate of drug-likeness (QED) is 0.651. The maximum absolute atomic E-state index is 11.6. The Bertz CT molecular complexity index is 643. The molecule has 1 heterocycles. The Morgan fingerprint density at radius 1 is 1.24 bits per heavy atom. The molecule has 108 valence electrons. The number of amides is 2. The van der Waals surface area contributed by atoms with Crippen molar-refractivity contribution in [1.29, 1.82) is 0 Å². The van der Waals surface area contributed by atoms with Crippen LogP contribution in [0.5, 0.6) is 11.5 Å². The van der Waals surface area contributed by atoms with Crippen LogP contribution < -0.4 is 4.74 Å². The summed E-state index contributed by atoms with van der Waals surface area (Å²) < 4.78 is 5.03. The zero-order valence-corrected chi connectivity index (χ0v) is 11.0. The van der Waals surface area contributed by atoms with Crippen LogP contribution >= 0.6 is 0 Å². The summed E-state index contributed by atoms with van der Waals surface area (Å²) in [6.07, 6.45) is 4.41. The maximum Gasteiger partial charge on any atom is 0.356 e. The predicted molar refractivity (Wildman–Crippen MR) is 70.8 cm³/mol. The van der Waals surface area contributed by atoms with E-state index < -0.39 is 17.8 Å². The summed E-state index contributed by atoms with van der Waals surface area (Å²) in [7, 11) is 1.41. The topological polar surface area (TPSA) is 93.1 Å². The number of carbonyl (C=O) groups is 3. The molecule has 7 heteroatoms. The molecule has 0 atom stereocenters. The van der Waals surface area contributed by atoms with Gasteiger partial charge < -0.3 is 14.7 Å². The molecule has 0 aromatic heterocycles. The Labute approximate surface area is 119 Å². The number of nitrogens with zero attached hydrogens (tertiary/aromatic N) is 1. The number of ether oxygens (including phenoxy) is 1. The van der Waals surface area contributed by atoms with E-state index in [1.807, 2.05) is 0 Å². The molecule has 1 N–H and O–H groups in total. The number of phenols is 1. The van der Waals surface area contributed by atoms with Gasteiger partial charge in [0.25, 0.3) is 11.8 Å². The van der Waals surface area contributed by atoms with E-state index in [0.29, 0.717) is 16.4 Å². The third kappa shape index (κ3) is 3.27. The number of carbonyl (C=O) groups excluding carboxylic acids is 3. The minimum absolute atomic E-state index is 0.0194. The van der Waals surface area contributed by atoms with Gasteiger partial charge >= 0.3 is 5.97 Å². The summed E-state index contributed by atoms with van der Waals surface area (Å²) in [5.74, 6) is -1.96. The van der Waals surface area contributed by atoms with Gasteiger partial charge in [-0.25, -0.2) is 4.79 Å². The van der Waals surface area contributed by atoms with Gasteiger partial charge in [0.1, 0.15) is 11.5 Å². The summed E-state index contributed by atoms with van der Waals surface area (Å²) in [6, 6.07) is 4.33. The van der Waals surface area contributed by atoms with Gasteiger partial charge in [0, 0.05) is 29.9 Å². The van der Waals surface area contributed by atoms with E-state index in [1.165, 1.54) is 31.4 Å². The van der Waals surface area contributed by atoms with Crippen molar-refractivity contribution in [3.63, 3.8) is 0 Å². The lowest BCUT2D eigenvalue weighted by molar-refractivity contribution is -0.192. The van der Waals surface area contributed by atoms with Gasteiger partial charge in [0.2, 0.25) is 0 Å². The first kappa shape index (κ1) is 14.3. The second-order valence-corrected chi connectivity index (χ2v) is 3.97. The minimum Gasteiger partial charge on any atom is -0.508 e. The molecule has 0 radical (unpaired) electrons. The Kier molecular flexibility index (Phi) is 4.03. The van der Waals surface area contributed by atoms with Gasteiger partial charge in [-0.1, -0.05) is 5.06 Å². The SMILES string of the molecule is COc1cc(O)ccc1C=CC(=O)ON1C(=O)C=CC1=O. The van der Waals surface area contributed by atoms with E-state index in [1.54, 1.807) is 0 Å². The fraction of sp³-hybridized carbons (Fsp3) is 0.0714. The van der Waals surface area contributed by atoms with Crippen LogP contribution in [0.1, 0.15) is 5.56 Å². The van der Waals surface area contributed by atoms with E-state index >= 15 is 0 Å². The second-order valence-electron chi connectivity index (χ2n) is 3.97. The van der Waals surface area contributed by atoms with E-state index in [4.69, 9.17) is 4.74 Å². The lowest BCUT2D eigenvalue weighted by Crippen LogP contribution is -2.32. The average molecular weight is 289 g/mol. The highest BCUT2D eigenvalue weighted by molar-refractivity contribution is 6.12. The van der Waals surface area contributed by atoms with Crippen LogP contribution in [-0.2, 0) is 19.2 Å². The molecule has 1 aliphatic heterocycles. The van der Waals surface area contributed by atoms with Crippen molar-refractivity contribution < 1.29 is 29.1 Å². The van der Waals surface area contributed by atoms with E-state index in [2.05, 4.69) is 4.84 Å². The van der Waals surface area contributed by atoms with Crippen LogP contribution in [0.15, 0.2) is 36.4 Å². The fourth-order valence-electron chi connectivity index (χ4n) is 1.59. The van der Waals surface area contributed by atoms with Gasteiger partial charge in [-0.2, -0.15) is 0 Å². The largest absolute Gasteiger partial charge is 0.508 e. The summed E-state index contributed by atoms with van der Waals surface area (Å²) in [5.41, 5.74) is 0.518. The average Bonchev–Trinajstić information content (AvgIpc) is 2.77.